The van der Waals surface area contributed by atoms with E-state index in [0.717, 1.165) is 55.5 Å². The van der Waals surface area contributed by atoms with Crippen LogP contribution in [0.2, 0.25) is 0 Å². The first kappa shape index (κ1) is 28.8. The fourth-order valence-corrected chi connectivity index (χ4v) is 5.02. The Morgan fingerprint density at radius 1 is 0.968 bits per heavy atom. The molecular weight excluding hydrogens is 516 g/mol. The molecule has 2 saturated heterocycles. The summed E-state index contributed by atoms with van der Waals surface area (Å²) in [5, 5.41) is 0. The lowest BCUT2D eigenvalue weighted by atomic mass is 9.89. The molecule has 0 N–H and O–H groups in total. The molecule has 2 aliphatic heterocycles. The van der Waals surface area contributed by atoms with E-state index in [-0.39, 0.29) is 24.8 Å². The van der Waals surface area contributed by atoms with Gasteiger partial charge in [-0.1, -0.05) is 15.9 Å². The standard InChI is InChI=1S/C22H32BrF3N2O.2ClH/c1-29-20-2-3-21(23)19(15-20)14-18-7-10-27(11-8-18)9-4-17-5-12-28(13-6-17)16-22(24,25)26;;/h2-3,15,17-18H,4-14,16H2,1H3;2*1H. The van der Waals surface area contributed by atoms with Crippen LogP contribution >= 0.6 is 40.7 Å². The second kappa shape index (κ2) is 13.5. The van der Waals surface area contributed by atoms with Crippen LogP contribution in [0, 0.1) is 11.8 Å². The fourth-order valence-electron chi connectivity index (χ4n) is 4.61. The number of benzene rings is 1. The van der Waals surface area contributed by atoms with Crippen molar-refractivity contribution in [3.63, 3.8) is 0 Å². The lowest BCUT2D eigenvalue weighted by Crippen LogP contribution is -2.41. The van der Waals surface area contributed by atoms with Crippen LogP contribution in [0.5, 0.6) is 5.75 Å². The normalized spacial score (nSPS) is 19.5. The second-order valence-electron chi connectivity index (χ2n) is 8.57. The monoisotopic (exact) mass is 548 g/mol. The molecule has 3 nitrogen and oxygen atoms in total. The van der Waals surface area contributed by atoms with Gasteiger partial charge in [-0.05, 0) is 107 Å². The molecule has 0 atom stereocenters. The minimum atomic E-state index is -4.07. The smallest absolute Gasteiger partial charge is 0.401 e. The predicted molar refractivity (Wildman–Crippen MR) is 128 cm³/mol. The molecule has 0 saturated carbocycles. The van der Waals surface area contributed by atoms with Crippen molar-refractivity contribution in [2.24, 2.45) is 11.8 Å². The number of rotatable bonds is 7. The highest BCUT2D eigenvalue weighted by Crippen LogP contribution is 2.29. The van der Waals surface area contributed by atoms with Gasteiger partial charge in [-0.3, -0.25) is 4.90 Å². The van der Waals surface area contributed by atoms with E-state index in [2.05, 4.69) is 33.0 Å². The summed E-state index contributed by atoms with van der Waals surface area (Å²) in [6, 6.07) is 6.16. The van der Waals surface area contributed by atoms with Gasteiger partial charge in [-0.15, -0.1) is 24.8 Å². The topological polar surface area (TPSA) is 15.7 Å². The van der Waals surface area contributed by atoms with Crippen LogP contribution in [0.1, 0.15) is 37.7 Å². The first-order valence-electron chi connectivity index (χ1n) is 10.7. The molecule has 0 bridgehead atoms. The minimum Gasteiger partial charge on any atom is -0.497 e. The van der Waals surface area contributed by atoms with Crippen LogP contribution < -0.4 is 4.74 Å². The zero-order valence-corrected chi connectivity index (χ0v) is 21.2. The van der Waals surface area contributed by atoms with Gasteiger partial charge in [0.15, 0.2) is 0 Å². The number of halogens is 6. The Morgan fingerprint density at radius 3 is 2.13 bits per heavy atom. The van der Waals surface area contributed by atoms with Crippen molar-refractivity contribution in [2.45, 2.75) is 44.7 Å². The summed E-state index contributed by atoms with van der Waals surface area (Å²) in [5.41, 5.74) is 1.31. The van der Waals surface area contributed by atoms with Gasteiger partial charge in [0, 0.05) is 4.47 Å². The molecule has 2 fully saturated rings. The van der Waals surface area contributed by atoms with Crippen molar-refractivity contribution in [1.82, 2.24) is 9.80 Å². The van der Waals surface area contributed by atoms with E-state index in [9.17, 15) is 13.2 Å². The van der Waals surface area contributed by atoms with Crippen LogP contribution in [0.4, 0.5) is 13.2 Å². The molecule has 3 rings (SSSR count). The SMILES string of the molecule is COc1ccc(Br)c(CC2CCN(CCC3CCN(CC(F)(F)F)CC3)CC2)c1.Cl.Cl. The van der Waals surface area contributed by atoms with Crippen LogP contribution in [0.3, 0.4) is 0 Å². The Bertz CT molecular complexity index is 650. The maximum absolute atomic E-state index is 12.5. The molecule has 0 unspecified atom stereocenters. The van der Waals surface area contributed by atoms with E-state index in [4.69, 9.17) is 4.74 Å². The average molecular weight is 550 g/mol. The van der Waals surface area contributed by atoms with Gasteiger partial charge in [0.2, 0.25) is 0 Å². The molecule has 0 aliphatic carbocycles. The number of ether oxygens (including phenoxy) is 1. The minimum absolute atomic E-state index is 0. The molecule has 1 aromatic carbocycles. The van der Waals surface area contributed by atoms with Gasteiger partial charge < -0.3 is 9.64 Å². The summed E-state index contributed by atoms with van der Waals surface area (Å²) in [6.07, 6.45) is 2.32. The van der Waals surface area contributed by atoms with Crippen molar-refractivity contribution in [1.29, 1.82) is 0 Å². The lowest BCUT2D eigenvalue weighted by molar-refractivity contribution is -0.148. The number of hydrogen-bond donors (Lipinski definition) is 0. The van der Waals surface area contributed by atoms with Crippen LogP contribution in [0.25, 0.3) is 0 Å². The second-order valence-corrected chi connectivity index (χ2v) is 9.42. The molecule has 180 valence electrons. The summed E-state index contributed by atoms with van der Waals surface area (Å²) in [5.74, 6) is 2.17. The van der Waals surface area contributed by atoms with Crippen molar-refractivity contribution < 1.29 is 17.9 Å². The first-order valence-corrected chi connectivity index (χ1v) is 11.5. The molecule has 1 aromatic rings. The van der Waals surface area contributed by atoms with Crippen molar-refractivity contribution in [2.75, 3.05) is 46.4 Å². The largest absolute Gasteiger partial charge is 0.497 e. The molecule has 9 heteroatoms. The van der Waals surface area contributed by atoms with Crippen molar-refractivity contribution >= 4 is 40.7 Å². The Labute approximate surface area is 205 Å². The number of nitrogens with zero attached hydrogens (tertiary/aromatic N) is 2. The summed E-state index contributed by atoms with van der Waals surface area (Å²) in [4.78, 5) is 4.10. The molecule has 0 aromatic heterocycles. The third-order valence-corrected chi connectivity index (χ3v) is 7.21. The van der Waals surface area contributed by atoms with E-state index >= 15 is 0 Å². The quantitative estimate of drug-likeness (QED) is 0.401. The third kappa shape index (κ3) is 9.66. The number of methoxy groups -OCH3 is 1. The number of piperidine rings is 2. The van der Waals surface area contributed by atoms with Crippen LogP contribution in [-0.2, 0) is 6.42 Å². The number of hydrogen-bond acceptors (Lipinski definition) is 3. The van der Waals surface area contributed by atoms with E-state index in [1.54, 1.807) is 12.0 Å². The average Bonchev–Trinajstić information content (AvgIpc) is 2.69. The Kier molecular flexibility index (Phi) is 12.5. The van der Waals surface area contributed by atoms with Gasteiger partial charge >= 0.3 is 6.18 Å². The molecular formula is C22H34BrCl2F3N2O. The van der Waals surface area contributed by atoms with E-state index in [0.29, 0.717) is 24.9 Å². The van der Waals surface area contributed by atoms with E-state index in [1.165, 1.54) is 18.4 Å². The lowest BCUT2D eigenvalue weighted by Gasteiger charge is -2.35. The Hall–Kier alpha value is -0.210. The number of alkyl halides is 3. The first-order chi connectivity index (χ1) is 13.8. The molecule has 2 heterocycles. The van der Waals surface area contributed by atoms with E-state index < -0.39 is 12.7 Å². The van der Waals surface area contributed by atoms with Gasteiger partial charge in [0.25, 0.3) is 0 Å². The zero-order valence-electron chi connectivity index (χ0n) is 18.0. The fraction of sp³-hybridized carbons (Fsp3) is 0.727. The van der Waals surface area contributed by atoms with Crippen LogP contribution in [0.15, 0.2) is 22.7 Å². The maximum Gasteiger partial charge on any atom is 0.401 e. The predicted octanol–water partition coefficient (Wildman–Crippen LogP) is 6.22. The molecule has 0 radical (unpaired) electrons. The van der Waals surface area contributed by atoms with Gasteiger partial charge in [0.1, 0.15) is 5.75 Å². The summed E-state index contributed by atoms with van der Waals surface area (Å²) in [7, 11) is 1.70. The highest BCUT2D eigenvalue weighted by Gasteiger charge is 2.32. The Morgan fingerprint density at radius 2 is 1.55 bits per heavy atom. The highest BCUT2D eigenvalue weighted by atomic mass is 79.9. The number of likely N-dealkylation sites (tertiary alicyclic amines) is 2. The summed E-state index contributed by atoms with van der Waals surface area (Å²) in [6.45, 7) is 3.75. The summed E-state index contributed by atoms with van der Waals surface area (Å²) >= 11 is 3.66. The molecule has 0 amide bonds. The van der Waals surface area contributed by atoms with Crippen molar-refractivity contribution in [3.8, 4) is 5.75 Å². The Balaban J connectivity index is 0.00000240. The molecule has 0 spiro atoms. The van der Waals surface area contributed by atoms with Crippen LogP contribution in [-0.4, -0.2) is 62.4 Å². The van der Waals surface area contributed by atoms with Gasteiger partial charge in [-0.25, -0.2) is 0 Å². The highest BCUT2D eigenvalue weighted by molar-refractivity contribution is 9.10. The summed E-state index contributed by atoms with van der Waals surface area (Å²) < 4.78 is 44.0. The maximum atomic E-state index is 12.5. The van der Waals surface area contributed by atoms with Gasteiger partial charge in [0.05, 0.1) is 13.7 Å². The zero-order chi connectivity index (χ0) is 20.9. The van der Waals surface area contributed by atoms with Gasteiger partial charge in [-0.2, -0.15) is 13.2 Å². The van der Waals surface area contributed by atoms with Crippen molar-refractivity contribution in [3.05, 3.63) is 28.2 Å². The third-order valence-electron chi connectivity index (χ3n) is 6.43. The molecule has 31 heavy (non-hydrogen) atoms. The van der Waals surface area contributed by atoms with E-state index in [1.807, 2.05) is 6.07 Å². The molecule has 2 aliphatic rings.